The number of benzene rings is 1. The van der Waals surface area contributed by atoms with Crippen LogP contribution in [-0.4, -0.2) is 55.8 Å². The van der Waals surface area contributed by atoms with Crippen LogP contribution in [0.3, 0.4) is 0 Å². The molecule has 1 aliphatic heterocycles. The molecule has 1 amide bonds. The van der Waals surface area contributed by atoms with Crippen molar-refractivity contribution in [3.05, 3.63) is 35.7 Å². The lowest BCUT2D eigenvalue weighted by molar-refractivity contribution is -0.114. The lowest BCUT2D eigenvalue weighted by Crippen LogP contribution is -2.24. The third-order valence-electron chi connectivity index (χ3n) is 3.94. The third kappa shape index (κ3) is 5.13. The molecule has 1 atom stereocenters. The first-order valence-corrected chi connectivity index (χ1v) is 8.04. The number of hydrogen-bond acceptors (Lipinski definition) is 4. The Hall–Kier alpha value is -2.72. The fourth-order valence-electron chi connectivity index (χ4n) is 2.58. The maximum atomic E-state index is 14.1. The number of nitrogens with one attached hydrogen (secondary N) is 1. The van der Waals surface area contributed by atoms with Gasteiger partial charge in [-0.05, 0) is 50.7 Å². The van der Waals surface area contributed by atoms with Gasteiger partial charge >= 0.3 is 0 Å². The van der Waals surface area contributed by atoms with Crippen molar-refractivity contribution in [2.75, 3.05) is 33.0 Å². The van der Waals surface area contributed by atoms with Gasteiger partial charge in [-0.25, -0.2) is 9.38 Å². The number of carbonyl (C=O) groups excluding carboxylic acids is 1. The molecule has 0 unspecified atom stereocenters. The fraction of sp³-hybridized carbons (Fsp3) is 0.389. The maximum absolute atomic E-state index is 14.1. The van der Waals surface area contributed by atoms with E-state index in [-0.39, 0.29) is 6.04 Å². The number of amides is 1. The Kier molecular flexibility index (Phi) is 6.25. The summed E-state index contributed by atoms with van der Waals surface area (Å²) in [7, 11) is 5.55. The highest BCUT2D eigenvalue weighted by molar-refractivity contribution is 6.02. The molecule has 1 heterocycles. The Labute approximate surface area is 147 Å². The van der Waals surface area contributed by atoms with Gasteiger partial charge in [-0.2, -0.15) is 5.26 Å². The second-order valence-electron chi connectivity index (χ2n) is 6.21. The van der Waals surface area contributed by atoms with Gasteiger partial charge in [0.25, 0.3) is 5.91 Å². The molecular formula is C18H22FN5O. The Morgan fingerprint density at radius 3 is 2.88 bits per heavy atom. The molecule has 0 bridgehead atoms. The summed E-state index contributed by atoms with van der Waals surface area (Å²) in [6.07, 6.45) is 4.76. The molecule has 1 fully saturated rings. The molecule has 1 aromatic carbocycles. The average molecular weight is 343 g/mol. The summed E-state index contributed by atoms with van der Waals surface area (Å²) < 4.78 is 14.1. The van der Waals surface area contributed by atoms with Gasteiger partial charge in [0.1, 0.15) is 6.07 Å². The number of nitriles is 1. The van der Waals surface area contributed by atoms with Gasteiger partial charge in [-0.3, -0.25) is 9.69 Å². The smallest absolute Gasteiger partial charge is 0.284 e. The molecule has 6 nitrogen and oxygen atoms in total. The molecule has 7 heteroatoms. The minimum absolute atomic E-state index is 0.0526. The van der Waals surface area contributed by atoms with E-state index in [0.29, 0.717) is 16.9 Å². The van der Waals surface area contributed by atoms with E-state index < -0.39 is 11.7 Å². The highest BCUT2D eigenvalue weighted by atomic mass is 19.1. The average Bonchev–Trinajstić information content (AvgIpc) is 2.98. The van der Waals surface area contributed by atoms with Crippen molar-refractivity contribution in [1.29, 1.82) is 5.26 Å². The van der Waals surface area contributed by atoms with Crippen LogP contribution in [0.25, 0.3) is 0 Å². The van der Waals surface area contributed by atoms with Gasteiger partial charge in [0, 0.05) is 25.8 Å². The monoisotopic (exact) mass is 343 g/mol. The quantitative estimate of drug-likeness (QED) is 0.507. The Morgan fingerprint density at radius 2 is 2.28 bits per heavy atom. The van der Waals surface area contributed by atoms with E-state index in [4.69, 9.17) is 0 Å². The van der Waals surface area contributed by atoms with Crippen LogP contribution in [0.5, 0.6) is 0 Å². The van der Waals surface area contributed by atoms with Gasteiger partial charge in [0.2, 0.25) is 0 Å². The second kappa shape index (κ2) is 8.40. The molecular weight excluding hydrogens is 321 g/mol. The first-order chi connectivity index (χ1) is 11.9. The van der Waals surface area contributed by atoms with Crippen LogP contribution in [0.2, 0.25) is 0 Å². The van der Waals surface area contributed by atoms with Crippen molar-refractivity contribution in [2.24, 2.45) is 4.99 Å². The van der Waals surface area contributed by atoms with Crippen LogP contribution in [0, 0.1) is 11.3 Å². The zero-order chi connectivity index (χ0) is 18.4. The fourth-order valence-corrected chi connectivity index (χ4v) is 2.58. The molecule has 0 radical (unpaired) electrons. The largest absolute Gasteiger partial charge is 0.369 e. The summed E-state index contributed by atoms with van der Waals surface area (Å²) >= 11 is 0. The molecule has 25 heavy (non-hydrogen) atoms. The van der Waals surface area contributed by atoms with E-state index in [1.807, 2.05) is 32.1 Å². The number of anilines is 1. The summed E-state index contributed by atoms with van der Waals surface area (Å²) in [5, 5.41) is 11.7. The van der Waals surface area contributed by atoms with Crippen LogP contribution in [0.15, 0.2) is 35.1 Å². The van der Waals surface area contributed by atoms with Gasteiger partial charge in [0.05, 0.1) is 17.6 Å². The molecule has 2 rings (SSSR count). The molecule has 1 N–H and O–H groups in total. The van der Waals surface area contributed by atoms with E-state index in [9.17, 15) is 14.4 Å². The molecule has 1 saturated heterocycles. The minimum atomic E-state index is -0.813. The number of likely N-dealkylation sites (N-methyl/N-ethyl adjacent to an activating group) is 1. The van der Waals surface area contributed by atoms with E-state index in [1.54, 1.807) is 23.4 Å². The van der Waals surface area contributed by atoms with Crippen LogP contribution >= 0.6 is 0 Å². The van der Waals surface area contributed by atoms with Gasteiger partial charge in [-0.1, -0.05) is 0 Å². The van der Waals surface area contributed by atoms with Gasteiger partial charge in [0.15, 0.2) is 5.83 Å². The number of hydrogen-bond donors (Lipinski definition) is 1. The number of aliphatic imine (C=N–C) groups is 1. The molecule has 0 aliphatic carbocycles. The number of nitrogens with zero attached hydrogens (tertiary/aromatic N) is 4. The van der Waals surface area contributed by atoms with E-state index in [0.717, 1.165) is 19.4 Å². The highest BCUT2D eigenvalue weighted by Crippen LogP contribution is 2.23. The second-order valence-corrected chi connectivity index (χ2v) is 6.21. The topological polar surface area (TPSA) is 71.7 Å². The predicted octanol–water partition coefficient (Wildman–Crippen LogP) is 2.67. The number of rotatable bonds is 5. The van der Waals surface area contributed by atoms with Crippen molar-refractivity contribution in [1.82, 2.24) is 9.80 Å². The normalized spacial score (nSPS) is 18.4. The van der Waals surface area contributed by atoms with E-state index in [2.05, 4.69) is 10.3 Å². The Morgan fingerprint density at radius 1 is 1.52 bits per heavy atom. The summed E-state index contributed by atoms with van der Waals surface area (Å²) in [4.78, 5) is 20.0. The standard InChI is InChI=1S/C18H22FN5O/c1-23(2)12-21-17-7-6-14(9-13(17)11-20)22-18(25)16(19)10-15-5-4-8-24(15)3/h6-7,9-10,12,15H,4-5,8H2,1-3H3,(H,22,25)/t15-/m1/s1. The molecule has 1 aromatic rings. The SMILES string of the molecule is CN(C)C=Nc1ccc(NC(=O)C(F)=C[C@H]2CCCN2C)cc1C#N. The Balaban J connectivity index is 2.10. The first-order valence-electron chi connectivity index (χ1n) is 8.04. The maximum Gasteiger partial charge on any atom is 0.284 e. The van der Waals surface area contributed by atoms with Crippen LogP contribution in [-0.2, 0) is 4.79 Å². The number of carbonyl (C=O) groups is 1. The lowest BCUT2D eigenvalue weighted by atomic mass is 10.1. The van der Waals surface area contributed by atoms with Crippen molar-refractivity contribution < 1.29 is 9.18 Å². The summed E-state index contributed by atoms with van der Waals surface area (Å²) in [6, 6.07) is 6.66. The molecule has 0 aromatic heterocycles. The molecule has 0 saturated carbocycles. The highest BCUT2D eigenvalue weighted by Gasteiger charge is 2.21. The lowest BCUT2D eigenvalue weighted by Gasteiger charge is -2.15. The predicted molar refractivity (Wildman–Crippen MR) is 96.5 cm³/mol. The van der Waals surface area contributed by atoms with Crippen LogP contribution in [0.4, 0.5) is 15.8 Å². The molecule has 132 valence electrons. The molecule has 0 spiro atoms. The summed E-state index contributed by atoms with van der Waals surface area (Å²) in [6.45, 7) is 0.899. The van der Waals surface area contributed by atoms with Gasteiger partial charge in [-0.15, -0.1) is 0 Å². The first kappa shape index (κ1) is 18.6. The van der Waals surface area contributed by atoms with Crippen LogP contribution in [0.1, 0.15) is 18.4 Å². The number of likely N-dealkylation sites (tertiary alicyclic amines) is 1. The van der Waals surface area contributed by atoms with E-state index in [1.165, 1.54) is 12.1 Å². The minimum Gasteiger partial charge on any atom is -0.369 e. The van der Waals surface area contributed by atoms with Crippen molar-refractivity contribution >= 4 is 23.6 Å². The van der Waals surface area contributed by atoms with E-state index >= 15 is 0 Å². The zero-order valence-electron chi connectivity index (χ0n) is 14.7. The Bertz CT molecular complexity index is 735. The molecule has 1 aliphatic rings. The third-order valence-corrected chi connectivity index (χ3v) is 3.94. The van der Waals surface area contributed by atoms with Crippen molar-refractivity contribution in [3.63, 3.8) is 0 Å². The van der Waals surface area contributed by atoms with Gasteiger partial charge < -0.3 is 10.2 Å². The summed E-state index contributed by atoms with van der Waals surface area (Å²) in [5.41, 5.74) is 1.14. The zero-order valence-corrected chi connectivity index (χ0v) is 14.7. The number of halogens is 1. The van der Waals surface area contributed by atoms with Crippen molar-refractivity contribution in [3.8, 4) is 6.07 Å². The van der Waals surface area contributed by atoms with Crippen molar-refractivity contribution in [2.45, 2.75) is 18.9 Å². The van der Waals surface area contributed by atoms with Crippen LogP contribution < -0.4 is 5.32 Å². The summed E-state index contributed by atoms with van der Waals surface area (Å²) in [5.74, 6) is -1.62.